The molecule has 3 rings (SSSR count). The molecule has 0 aromatic heterocycles. The summed E-state index contributed by atoms with van der Waals surface area (Å²) in [6.45, 7) is 10.3. The van der Waals surface area contributed by atoms with Gasteiger partial charge in [0.25, 0.3) is 0 Å². The molecule has 4 atom stereocenters. The third-order valence-electron chi connectivity index (χ3n) is 6.60. The van der Waals surface area contributed by atoms with E-state index in [0.29, 0.717) is 11.8 Å². The molecule has 6 heteroatoms. The smallest absolute Gasteiger partial charge is 0.323 e. The minimum atomic E-state index is -0.578. The number of hydrogen-bond acceptors (Lipinski definition) is 6. The third-order valence-corrected chi connectivity index (χ3v) is 6.60. The molecule has 6 nitrogen and oxygen atoms in total. The second-order valence-corrected chi connectivity index (χ2v) is 9.54. The van der Waals surface area contributed by atoms with Crippen LogP contribution in [-0.2, 0) is 16.0 Å². The summed E-state index contributed by atoms with van der Waals surface area (Å²) >= 11 is 0. The lowest BCUT2D eigenvalue weighted by Crippen LogP contribution is -2.51. The van der Waals surface area contributed by atoms with Crippen molar-refractivity contribution in [2.45, 2.75) is 65.1 Å². The van der Waals surface area contributed by atoms with Gasteiger partial charge in [-0.1, -0.05) is 27.7 Å². The molecule has 0 spiro atoms. The van der Waals surface area contributed by atoms with Gasteiger partial charge < -0.3 is 19.9 Å². The maximum Gasteiger partial charge on any atom is 0.323 e. The van der Waals surface area contributed by atoms with E-state index in [1.165, 1.54) is 11.1 Å². The van der Waals surface area contributed by atoms with Crippen molar-refractivity contribution in [3.05, 3.63) is 23.3 Å². The summed E-state index contributed by atoms with van der Waals surface area (Å²) in [5.41, 5.74) is 8.64. The van der Waals surface area contributed by atoms with E-state index in [-0.39, 0.29) is 24.0 Å². The monoisotopic (exact) mass is 418 g/mol. The third kappa shape index (κ3) is 4.75. The average Bonchev–Trinajstić information content (AvgIpc) is 2.71. The minimum Gasteiger partial charge on any atom is -0.493 e. The molecule has 0 amide bonds. The maximum atomic E-state index is 12.7. The molecule has 0 aliphatic carbocycles. The SMILES string of the molecule is COc1cc2c(cc1OC)[C@@H]1C[C@@H](OC(=O)C(N)C(C)C)[C@@H](CC(C)C)CN1CC2. The van der Waals surface area contributed by atoms with Crippen LogP contribution in [0.3, 0.4) is 0 Å². The topological polar surface area (TPSA) is 74.0 Å². The van der Waals surface area contributed by atoms with Gasteiger partial charge in [0.2, 0.25) is 0 Å². The molecule has 0 bridgehead atoms. The van der Waals surface area contributed by atoms with Crippen molar-refractivity contribution in [3.8, 4) is 11.5 Å². The Hall–Kier alpha value is -1.79. The minimum absolute atomic E-state index is 0.0632. The molecule has 1 fully saturated rings. The van der Waals surface area contributed by atoms with Gasteiger partial charge in [-0.25, -0.2) is 0 Å². The molecule has 1 unspecified atom stereocenters. The second kappa shape index (κ2) is 9.56. The van der Waals surface area contributed by atoms with E-state index in [2.05, 4.69) is 30.9 Å². The molecule has 2 N–H and O–H groups in total. The van der Waals surface area contributed by atoms with Crippen LogP contribution in [0.5, 0.6) is 11.5 Å². The van der Waals surface area contributed by atoms with Gasteiger partial charge in [0.15, 0.2) is 11.5 Å². The fourth-order valence-corrected chi connectivity index (χ4v) is 4.88. The van der Waals surface area contributed by atoms with Crippen LogP contribution >= 0.6 is 0 Å². The number of fused-ring (bicyclic) bond motifs is 3. The van der Waals surface area contributed by atoms with Crippen LogP contribution < -0.4 is 15.2 Å². The van der Waals surface area contributed by atoms with E-state index in [1.54, 1.807) is 14.2 Å². The van der Waals surface area contributed by atoms with Crippen LogP contribution in [0.1, 0.15) is 57.7 Å². The van der Waals surface area contributed by atoms with E-state index in [1.807, 2.05) is 13.8 Å². The molecule has 2 aliphatic rings. The number of rotatable bonds is 7. The number of methoxy groups -OCH3 is 2. The summed E-state index contributed by atoms with van der Waals surface area (Å²) in [5, 5.41) is 0. The molecule has 30 heavy (non-hydrogen) atoms. The normalized spacial score (nSPS) is 24.9. The van der Waals surface area contributed by atoms with Crippen LogP contribution in [0.4, 0.5) is 0 Å². The highest BCUT2D eigenvalue weighted by Crippen LogP contribution is 2.44. The number of esters is 1. The lowest BCUT2D eigenvalue weighted by molar-refractivity contribution is -0.160. The summed E-state index contributed by atoms with van der Waals surface area (Å²) in [7, 11) is 3.34. The fraction of sp³-hybridized carbons (Fsp3) is 0.708. The Kier molecular flexibility index (Phi) is 7.30. The molecule has 1 aromatic carbocycles. The van der Waals surface area contributed by atoms with E-state index >= 15 is 0 Å². The average molecular weight is 419 g/mol. The Balaban J connectivity index is 1.88. The lowest BCUT2D eigenvalue weighted by Gasteiger charge is -2.47. The standard InChI is InChI=1S/C24H38N2O4/c1-14(2)9-17-13-26-8-7-16-10-21(28-5)22(29-6)11-18(16)19(26)12-20(17)30-24(27)23(25)15(3)4/h10-11,14-15,17,19-20,23H,7-9,12-13,25H2,1-6H3/t17-,19-,20+,23?/m0/s1. The molecule has 2 aliphatic heterocycles. The Morgan fingerprint density at radius 2 is 1.83 bits per heavy atom. The number of ether oxygens (including phenoxy) is 3. The molecular formula is C24H38N2O4. The number of nitrogens with two attached hydrogens (primary N) is 1. The number of nitrogens with zero attached hydrogens (tertiary/aromatic N) is 1. The van der Waals surface area contributed by atoms with E-state index in [4.69, 9.17) is 19.9 Å². The quantitative estimate of drug-likeness (QED) is 0.683. The summed E-state index contributed by atoms with van der Waals surface area (Å²) in [5.74, 6) is 2.18. The summed E-state index contributed by atoms with van der Waals surface area (Å²) in [4.78, 5) is 15.2. The molecule has 2 heterocycles. The predicted octanol–water partition coefficient (Wildman–Crippen LogP) is 3.56. The van der Waals surface area contributed by atoms with Gasteiger partial charge in [0, 0.05) is 31.5 Å². The molecule has 168 valence electrons. The van der Waals surface area contributed by atoms with Crippen molar-refractivity contribution in [1.29, 1.82) is 0 Å². The van der Waals surface area contributed by atoms with E-state index in [0.717, 1.165) is 43.9 Å². The van der Waals surface area contributed by atoms with Crippen molar-refractivity contribution in [2.75, 3.05) is 27.3 Å². The van der Waals surface area contributed by atoms with Gasteiger partial charge in [-0.05, 0) is 47.9 Å². The number of carbonyl (C=O) groups excluding carboxylic acids is 1. The van der Waals surface area contributed by atoms with Gasteiger partial charge in [-0.2, -0.15) is 0 Å². The van der Waals surface area contributed by atoms with Gasteiger partial charge in [-0.3, -0.25) is 9.69 Å². The van der Waals surface area contributed by atoms with Crippen LogP contribution in [0.25, 0.3) is 0 Å². The Morgan fingerprint density at radius 1 is 1.17 bits per heavy atom. The first kappa shape index (κ1) is 22.9. The van der Waals surface area contributed by atoms with Crippen LogP contribution in [0, 0.1) is 17.8 Å². The van der Waals surface area contributed by atoms with E-state index in [9.17, 15) is 4.79 Å². The molecular weight excluding hydrogens is 380 g/mol. The van der Waals surface area contributed by atoms with E-state index < -0.39 is 6.04 Å². The molecule has 1 saturated heterocycles. The van der Waals surface area contributed by atoms with Crippen molar-refractivity contribution in [3.63, 3.8) is 0 Å². The van der Waals surface area contributed by atoms with Gasteiger partial charge in [0.1, 0.15) is 12.1 Å². The first-order valence-electron chi connectivity index (χ1n) is 11.2. The largest absolute Gasteiger partial charge is 0.493 e. The fourth-order valence-electron chi connectivity index (χ4n) is 4.88. The first-order chi connectivity index (χ1) is 14.2. The van der Waals surface area contributed by atoms with Crippen molar-refractivity contribution < 1.29 is 19.0 Å². The number of benzene rings is 1. The molecule has 0 radical (unpaired) electrons. The van der Waals surface area contributed by atoms with Crippen LogP contribution in [0.15, 0.2) is 12.1 Å². The molecule has 1 aromatic rings. The van der Waals surface area contributed by atoms with Crippen molar-refractivity contribution in [2.24, 2.45) is 23.5 Å². The Morgan fingerprint density at radius 3 is 2.43 bits per heavy atom. The zero-order valence-corrected chi connectivity index (χ0v) is 19.3. The first-order valence-corrected chi connectivity index (χ1v) is 11.2. The van der Waals surface area contributed by atoms with Gasteiger partial charge in [-0.15, -0.1) is 0 Å². The van der Waals surface area contributed by atoms with Gasteiger partial charge in [0.05, 0.1) is 14.2 Å². The van der Waals surface area contributed by atoms with Crippen molar-refractivity contribution in [1.82, 2.24) is 4.90 Å². The van der Waals surface area contributed by atoms with Crippen LogP contribution in [0.2, 0.25) is 0 Å². The summed E-state index contributed by atoms with van der Waals surface area (Å²) in [6.07, 6.45) is 2.70. The summed E-state index contributed by atoms with van der Waals surface area (Å²) in [6, 6.07) is 3.84. The second-order valence-electron chi connectivity index (χ2n) is 9.54. The van der Waals surface area contributed by atoms with Gasteiger partial charge >= 0.3 is 5.97 Å². The number of piperidine rings is 1. The Bertz CT molecular complexity index is 749. The lowest BCUT2D eigenvalue weighted by atomic mass is 9.79. The maximum absolute atomic E-state index is 12.7. The predicted molar refractivity (Wildman–Crippen MR) is 118 cm³/mol. The van der Waals surface area contributed by atoms with Crippen LogP contribution in [-0.4, -0.2) is 50.3 Å². The number of hydrogen-bond donors (Lipinski definition) is 1. The highest BCUT2D eigenvalue weighted by Gasteiger charge is 2.41. The summed E-state index contributed by atoms with van der Waals surface area (Å²) < 4.78 is 17.1. The zero-order chi connectivity index (χ0) is 22.0. The Labute approximate surface area is 181 Å². The number of carbonyl (C=O) groups is 1. The van der Waals surface area contributed by atoms with Crippen molar-refractivity contribution >= 4 is 5.97 Å². The highest BCUT2D eigenvalue weighted by molar-refractivity contribution is 5.76. The molecule has 0 saturated carbocycles. The highest BCUT2D eigenvalue weighted by atomic mass is 16.5. The zero-order valence-electron chi connectivity index (χ0n) is 19.3.